The third-order valence-corrected chi connectivity index (χ3v) is 4.37. The number of benzene rings is 1. The largest absolute Gasteiger partial charge is 0.482 e. The lowest BCUT2D eigenvalue weighted by molar-refractivity contribution is -0.125. The van der Waals surface area contributed by atoms with Gasteiger partial charge >= 0.3 is 0 Å². The van der Waals surface area contributed by atoms with Gasteiger partial charge in [0.05, 0.1) is 10.6 Å². The van der Waals surface area contributed by atoms with Gasteiger partial charge in [-0.15, -0.1) is 12.4 Å². The van der Waals surface area contributed by atoms with Gasteiger partial charge in [0.15, 0.2) is 6.61 Å². The van der Waals surface area contributed by atoms with Crippen molar-refractivity contribution in [1.82, 2.24) is 5.32 Å². The summed E-state index contributed by atoms with van der Waals surface area (Å²) >= 11 is 9.34. The van der Waals surface area contributed by atoms with Gasteiger partial charge in [0.1, 0.15) is 5.75 Å². The highest BCUT2D eigenvalue weighted by atomic mass is 79.9. The Morgan fingerprint density at radius 1 is 1.57 bits per heavy atom. The van der Waals surface area contributed by atoms with E-state index in [9.17, 15) is 4.79 Å². The Balaban J connectivity index is 0.00000220. The summed E-state index contributed by atoms with van der Waals surface area (Å²) in [5.74, 6) is 0.794. The van der Waals surface area contributed by atoms with Crippen LogP contribution in [-0.2, 0) is 4.79 Å². The van der Waals surface area contributed by atoms with E-state index in [1.54, 1.807) is 12.1 Å². The molecule has 0 radical (unpaired) electrons. The van der Waals surface area contributed by atoms with Crippen LogP contribution < -0.4 is 15.8 Å². The molecule has 1 atom stereocenters. The minimum absolute atomic E-state index is 0. The molecule has 21 heavy (non-hydrogen) atoms. The third-order valence-electron chi connectivity index (χ3n) is 3.58. The molecule has 0 aliphatic heterocycles. The van der Waals surface area contributed by atoms with Gasteiger partial charge < -0.3 is 15.8 Å². The molecule has 0 aromatic heterocycles. The van der Waals surface area contributed by atoms with E-state index < -0.39 is 0 Å². The van der Waals surface area contributed by atoms with Crippen molar-refractivity contribution in [1.29, 1.82) is 0 Å². The molecule has 1 aromatic rings. The van der Waals surface area contributed by atoms with Crippen LogP contribution in [0.15, 0.2) is 22.7 Å². The third kappa shape index (κ3) is 5.02. The predicted molar refractivity (Wildman–Crippen MR) is 90.2 cm³/mol. The minimum atomic E-state index is -0.329. The van der Waals surface area contributed by atoms with Gasteiger partial charge in [-0.2, -0.15) is 0 Å². The number of nitrogens with one attached hydrogen (secondary N) is 1. The Labute approximate surface area is 144 Å². The molecular formula is C14H19BrCl2N2O2. The number of halogens is 3. The van der Waals surface area contributed by atoms with Crippen LogP contribution in [0.25, 0.3) is 0 Å². The molecule has 2 rings (SSSR count). The standard InChI is InChI=1S/C14H18BrClN2O2.ClH/c1-14(8-17,9-2-3-9)18-13(19)7-20-12-5-4-10(15)6-11(12)16;/h4-6,9H,2-3,7-8,17H2,1H3,(H,18,19);1H. The molecule has 0 spiro atoms. The van der Waals surface area contributed by atoms with E-state index in [0.717, 1.165) is 17.3 Å². The van der Waals surface area contributed by atoms with Crippen molar-refractivity contribution in [2.45, 2.75) is 25.3 Å². The molecule has 118 valence electrons. The molecule has 1 amide bonds. The molecule has 1 aliphatic rings. The SMILES string of the molecule is CC(CN)(NC(=O)COc1ccc(Br)cc1Cl)C1CC1.Cl. The maximum Gasteiger partial charge on any atom is 0.258 e. The van der Waals surface area contributed by atoms with Gasteiger partial charge in [-0.25, -0.2) is 0 Å². The van der Waals surface area contributed by atoms with E-state index in [2.05, 4.69) is 21.2 Å². The molecule has 1 aromatic carbocycles. The summed E-state index contributed by atoms with van der Waals surface area (Å²) in [7, 11) is 0. The van der Waals surface area contributed by atoms with Crippen LogP contribution in [0.3, 0.4) is 0 Å². The van der Waals surface area contributed by atoms with Crippen molar-refractivity contribution in [3.05, 3.63) is 27.7 Å². The van der Waals surface area contributed by atoms with Gasteiger partial charge in [-0.3, -0.25) is 4.79 Å². The molecule has 3 N–H and O–H groups in total. The monoisotopic (exact) mass is 396 g/mol. The number of amides is 1. The smallest absolute Gasteiger partial charge is 0.258 e. The summed E-state index contributed by atoms with van der Waals surface area (Å²) in [6, 6.07) is 5.26. The molecule has 1 fully saturated rings. The molecule has 1 saturated carbocycles. The zero-order chi connectivity index (χ0) is 14.8. The van der Waals surface area contributed by atoms with Crippen LogP contribution in [0.2, 0.25) is 5.02 Å². The van der Waals surface area contributed by atoms with Gasteiger partial charge in [0.25, 0.3) is 5.91 Å². The summed E-state index contributed by atoms with van der Waals surface area (Å²) in [6.07, 6.45) is 2.24. The fourth-order valence-electron chi connectivity index (χ4n) is 2.13. The molecule has 0 saturated heterocycles. The average Bonchev–Trinajstić information content (AvgIpc) is 3.22. The van der Waals surface area contributed by atoms with Crippen molar-refractivity contribution < 1.29 is 9.53 Å². The topological polar surface area (TPSA) is 64.3 Å². The second-order valence-corrected chi connectivity index (χ2v) is 6.63. The summed E-state index contributed by atoms with van der Waals surface area (Å²) in [5.41, 5.74) is 5.43. The normalized spacial score (nSPS) is 16.6. The zero-order valence-electron chi connectivity index (χ0n) is 11.7. The first kappa shape index (κ1) is 18.6. The molecule has 1 aliphatic carbocycles. The van der Waals surface area contributed by atoms with Crippen molar-refractivity contribution >= 4 is 45.8 Å². The number of rotatable bonds is 6. The molecule has 0 bridgehead atoms. The van der Waals surface area contributed by atoms with Crippen LogP contribution in [0.5, 0.6) is 5.75 Å². The predicted octanol–water partition coefficient (Wildman–Crippen LogP) is 3.15. The molecule has 4 nitrogen and oxygen atoms in total. The van der Waals surface area contributed by atoms with Crippen molar-refractivity contribution in [3.8, 4) is 5.75 Å². The fraction of sp³-hybridized carbons (Fsp3) is 0.500. The summed E-state index contributed by atoms with van der Waals surface area (Å²) in [6.45, 7) is 2.35. The second kappa shape index (κ2) is 7.68. The number of carbonyl (C=O) groups is 1. The first-order valence-electron chi connectivity index (χ1n) is 6.53. The molecule has 1 unspecified atom stereocenters. The Hall–Kier alpha value is -0.490. The summed E-state index contributed by atoms with van der Waals surface area (Å²) in [5, 5.41) is 3.43. The van der Waals surface area contributed by atoms with Crippen LogP contribution >= 0.6 is 39.9 Å². The number of hydrogen-bond donors (Lipinski definition) is 2. The lowest BCUT2D eigenvalue weighted by atomic mass is 9.96. The lowest BCUT2D eigenvalue weighted by Gasteiger charge is -2.29. The van der Waals surface area contributed by atoms with Crippen molar-refractivity contribution in [3.63, 3.8) is 0 Å². The first-order valence-corrected chi connectivity index (χ1v) is 7.70. The minimum Gasteiger partial charge on any atom is -0.482 e. The number of carbonyl (C=O) groups excluding carboxylic acids is 1. The highest BCUT2D eigenvalue weighted by molar-refractivity contribution is 9.10. The van der Waals surface area contributed by atoms with E-state index in [-0.39, 0.29) is 30.5 Å². The fourth-order valence-corrected chi connectivity index (χ4v) is 2.86. The van der Waals surface area contributed by atoms with E-state index in [4.69, 9.17) is 22.1 Å². The van der Waals surface area contributed by atoms with E-state index >= 15 is 0 Å². The Bertz CT molecular complexity index is 512. The van der Waals surface area contributed by atoms with E-state index in [1.807, 2.05) is 13.0 Å². The zero-order valence-corrected chi connectivity index (χ0v) is 14.9. The van der Waals surface area contributed by atoms with Gasteiger partial charge in [0, 0.05) is 11.0 Å². The van der Waals surface area contributed by atoms with E-state index in [1.165, 1.54) is 0 Å². The Morgan fingerprint density at radius 3 is 2.76 bits per heavy atom. The molecule has 7 heteroatoms. The summed E-state index contributed by atoms with van der Waals surface area (Å²) < 4.78 is 6.30. The molecule has 0 heterocycles. The second-order valence-electron chi connectivity index (χ2n) is 5.31. The quantitative estimate of drug-likeness (QED) is 0.774. The van der Waals surface area contributed by atoms with Crippen molar-refractivity contribution in [2.24, 2.45) is 11.7 Å². The molecular weight excluding hydrogens is 379 g/mol. The van der Waals surface area contributed by atoms with Crippen LogP contribution in [-0.4, -0.2) is 24.6 Å². The highest BCUT2D eigenvalue weighted by Crippen LogP contribution is 2.38. The van der Waals surface area contributed by atoms with Gasteiger partial charge in [-0.1, -0.05) is 27.5 Å². The number of ether oxygens (including phenoxy) is 1. The lowest BCUT2D eigenvalue weighted by Crippen LogP contribution is -2.54. The summed E-state index contributed by atoms with van der Waals surface area (Å²) in [4.78, 5) is 12.0. The van der Waals surface area contributed by atoms with Gasteiger partial charge in [0.2, 0.25) is 0 Å². The number of nitrogens with two attached hydrogens (primary N) is 1. The maximum absolute atomic E-state index is 12.0. The highest BCUT2D eigenvalue weighted by Gasteiger charge is 2.41. The van der Waals surface area contributed by atoms with Crippen LogP contribution in [0.4, 0.5) is 0 Å². The Morgan fingerprint density at radius 2 is 2.24 bits per heavy atom. The average molecular weight is 398 g/mol. The van der Waals surface area contributed by atoms with E-state index in [0.29, 0.717) is 23.2 Å². The Kier molecular flexibility index (Phi) is 6.78. The van der Waals surface area contributed by atoms with Gasteiger partial charge in [-0.05, 0) is 43.9 Å². The van der Waals surface area contributed by atoms with Crippen molar-refractivity contribution in [2.75, 3.05) is 13.2 Å². The maximum atomic E-state index is 12.0. The van der Waals surface area contributed by atoms with Crippen LogP contribution in [0, 0.1) is 5.92 Å². The first-order chi connectivity index (χ1) is 9.44. The number of hydrogen-bond acceptors (Lipinski definition) is 3. The van der Waals surface area contributed by atoms with Crippen LogP contribution in [0.1, 0.15) is 19.8 Å².